The van der Waals surface area contributed by atoms with Gasteiger partial charge in [0.1, 0.15) is 11.3 Å². The summed E-state index contributed by atoms with van der Waals surface area (Å²) in [7, 11) is -1.37. The molecule has 1 aliphatic heterocycles. The number of para-hydroxylation sites is 1. The molecule has 1 aliphatic rings. The molecule has 26 heavy (non-hydrogen) atoms. The normalized spacial score (nSPS) is 15.1. The standard InChI is InChI=1S/C15H14BIN2O7/c17-15(22)25-8-24-14(21)10-4-1-3-9-7-11(16(23)26-13(9)10)19-12(20)5-2-6-18/h1,3-4,11,23H,2,5,7-8H2,(H,19,20)/t11-/m0/s1. The van der Waals surface area contributed by atoms with Crippen LogP contribution in [-0.2, 0) is 20.7 Å². The van der Waals surface area contributed by atoms with Gasteiger partial charge in [0.05, 0.1) is 34.6 Å². The van der Waals surface area contributed by atoms with Crippen molar-refractivity contribution >= 4 is 45.6 Å². The van der Waals surface area contributed by atoms with Gasteiger partial charge in [-0.15, -0.1) is 0 Å². The summed E-state index contributed by atoms with van der Waals surface area (Å²) in [5.41, 5.74) is 0.668. The number of hydrogen-bond donors (Lipinski definition) is 2. The van der Waals surface area contributed by atoms with Crippen LogP contribution in [0.2, 0.25) is 0 Å². The predicted molar refractivity (Wildman–Crippen MR) is 96.3 cm³/mol. The van der Waals surface area contributed by atoms with Crippen molar-refractivity contribution in [3.63, 3.8) is 0 Å². The van der Waals surface area contributed by atoms with Gasteiger partial charge >= 0.3 is 17.1 Å². The lowest BCUT2D eigenvalue weighted by Gasteiger charge is -2.29. The minimum Gasteiger partial charge on any atom is -0.534 e. The first-order chi connectivity index (χ1) is 12.4. The van der Waals surface area contributed by atoms with E-state index in [-0.39, 0.29) is 36.5 Å². The molecular weight excluding hydrogens is 458 g/mol. The Bertz CT molecular complexity index is 752. The Morgan fingerprint density at radius 2 is 2.19 bits per heavy atom. The number of hydrogen-bond acceptors (Lipinski definition) is 8. The number of nitriles is 1. The van der Waals surface area contributed by atoms with Crippen LogP contribution in [0.15, 0.2) is 18.2 Å². The highest BCUT2D eigenvalue weighted by atomic mass is 127. The average molecular weight is 472 g/mol. The maximum Gasteiger partial charge on any atom is 0.547 e. The molecule has 0 aromatic heterocycles. The van der Waals surface area contributed by atoms with Crippen molar-refractivity contribution in [2.45, 2.75) is 25.2 Å². The third-order valence-corrected chi connectivity index (χ3v) is 3.82. The Balaban J connectivity index is 2.08. The van der Waals surface area contributed by atoms with Crippen LogP contribution in [0.3, 0.4) is 0 Å². The summed E-state index contributed by atoms with van der Waals surface area (Å²) in [5, 5.41) is 21.2. The van der Waals surface area contributed by atoms with E-state index in [0.29, 0.717) is 5.56 Å². The van der Waals surface area contributed by atoms with Gasteiger partial charge in [0.15, 0.2) is 0 Å². The molecule has 0 bridgehead atoms. The lowest BCUT2D eigenvalue weighted by molar-refractivity contribution is -0.121. The lowest BCUT2D eigenvalue weighted by Crippen LogP contribution is -2.53. The Kier molecular flexibility index (Phi) is 7.22. The zero-order chi connectivity index (χ0) is 19.1. The van der Waals surface area contributed by atoms with E-state index in [0.717, 1.165) is 0 Å². The Hall–Kier alpha value is -2.33. The highest BCUT2D eigenvalue weighted by molar-refractivity contribution is 14.1. The van der Waals surface area contributed by atoms with Crippen LogP contribution in [0.25, 0.3) is 0 Å². The number of ether oxygens (including phenoxy) is 2. The monoisotopic (exact) mass is 472 g/mol. The average Bonchev–Trinajstić information content (AvgIpc) is 2.59. The predicted octanol–water partition coefficient (Wildman–Crippen LogP) is 1.12. The topological polar surface area (TPSA) is 135 Å². The summed E-state index contributed by atoms with van der Waals surface area (Å²) in [6.07, 6.45) is 0.330. The lowest BCUT2D eigenvalue weighted by atomic mass is 9.72. The van der Waals surface area contributed by atoms with Gasteiger partial charge in [0.25, 0.3) is 0 Å². The molecular formula is C15H14BIN2O7. The molecule has 1 amide bonds. The summed E-state index contributed by atoms with van der Waals surface area (Å²) in [4.78, 5) is 34.5. The molecule has 0 fully saturated rings. The molecule has 9 nitrogen and oxygen atoms in total. The Morgan fingerprint density at radius 3 is 2.88 bits per heavy atom. The van der Waals surface area contributed by atoms with Crippen molar-refractivity contribution in [1.82, 2.24) is 5.32 Å². The van der Waals surface area contributed by atoms with Crippen molar-refractivity contribution in [1.29, 1.82) is 5.26 Å². The highest BCUT2D eigenvalue weighted by Crippen LogP contribution is 2.30. The number of nitrogens with zero attached hydrogens (tertiary/aromatic N) is 1. The number of nitrogens with one attached hydrogen (secondary N) is 1. The van der Waals surface area contributed by atoms with Crippen LogP contribution in [0.1, 0.15) is 28.8 Å². The molecule has 136 valence electrons. The van der Waals surface area contributed by atoms with E-state index in [1.165, 1.54) is 28.7 Å². The summed E-state index contributed by atoms with van der Waals surface area (Å²) < 4.78 is 14.1. The number of carbonyl (C=O) groups is 3. The molecule has 1 atom stereocenters. The highest BCUT2D eigenvalue weighted by Gasteiger charge is 2.37. The van der Waals surface area contributed by atoms with E-state index < -0.39 is 29.8 Å². The first-order valence-electron chi connectivity index (χ1n) is 7.54. The van der Waals surface area contributed by atoms with E-state index in [4.69, 9.17) is 14.7 Å². The zero-order valence-corrected chi connectivity index (χ0v) is 15.6. The summed E-state index contributed by atoms with van der Waals surface area (Å²) in [6.45, 7) is -0.537. The van der Waals surface area contributed by atoms with Crippen molar-refractivity contribution in [3.05, 3.63) is 29.3 Å². The minimum absolute atomic E-state index is 0.0223. The molecule has 0 radical (unpaired) electrons. The van der Waals surface area contributed by atoms with Gasteiger partial charge in [-0.25, -0.2) is 9.59 Å². The number of esters is 1. The van der Waals surface area contributed by atoms with Gasteiger partial charge in [-0.3, -0.25) is 4.79 Å². The van der Waals surface area contributed by atoms with Crippen LogP contribution in [0.4, 0.5) is 4.79 Å². The number of fused-ring (bicyclic) bond motifs is 1. The fourth-order valence-electron chi connectivity index (χ4n) is 2.36. The van der Waals surface area contributed by atoms with Gasteiger partial charge < -0.3 is 24.5 Å². The van der Waals surface area contributed by atoms with E-state index in [2.05, 4.69) is 10.1 Å². The summed E-state index contributed by atoms with van der Waals surface area (Å²) in [5.74, 6) is -1.71. The van der Waals surface area contributed by atoms with Crippen LogP contribution in [-0.4, -0.2) is 40.7 Å². The molecule has 0 aliphatic carbocycles. The molecule has 1 aromatic carbocycles. The molecule has 1 heterocycles. The van der Waals surface area contributed by atoms with E-state index in [1.54, 1.807) is 12.1 Å². The fourth-order valence-corrected chi connectivity index (χ4v) is 2.49. The van der Waals surface area contributed by atoms with Crippen LogP contribution >= 0.6 is 22.6 Å². The third-order valence-electron chi connectivity index (χ3n) is 3.51. The number of benzene rings is 1. The first-order valence-corrected chi connectivity index (χ1v) is 8.62. The second-order valence-corrected chi connectivity index (χ2v) is 6.15. The molecule has 0 spiro atoms. The second kappa shape index (κ2) is 9.39. The quantitative estimate of drug-likeness (QED) is 0.207. The molecule has 2 rings (SSSR count). The SMILES string of the molecule is N#CCCC(=O)N[C@H]1Cc2cccc(C(=O)OCOC(=O)I)c2OB1O. The van der Waals surface area contributed by atoms with Gasteiger partial charge in [-0.05, 0) is 18.1 Å². The van der Waals surface area contributed by atoms with E-state index in [9.17, 15) is 19.4 Å². The molecule has 1 aromatic rings. The van der Waals surface area contributed by atoms with Gasteiger partial charge in [0.2, 0.25) is 12.7 Å². The number of halogens is 1. The second-order valence-electron chi connectivity index (χ2n) is 5.27. The Morgan fingerprint density at radius 1 is 1.42 bits per heavy atom. The van der Waals surface area contributed by atoms with E-state index in [1.807, 2.05) is 6.07 Å². The minimum atomic E-state index is -1.37. The Labute approximate surface area is 162 Å². The first kappa shape index (κ1) is 20.0. The maximum atomic E-state index is 12.1. The van der Waals surface area contributed by atoms with Crippen LogP contribution < -0.4 is 9.97 Å². The largest absolute Gasteiger partial charge is 0.547 e. The molecule has 2 N–H and O–H groups in total. The molecule has 11 heteroatoms. The third kappa shape index (κ3) is 5.33. The van der Waals surface area contributed by atoms with Gasteiger partial charge in [0, 0.05) is 12.8 Å². The molecule has 0 unspecified atom stereocenters. The molecule has 0 saturated heterocycles. The number of rotatable bonds is 6. The summed E-state index contributed by atoms with van der Waals surface area (Å²) in [6, 6.07) is 6.62. The zero-order valence-electron chi connectivity index (χ0n) is 13.4. The number of amides is 1. The van der Waals surface area contributed by atoms with Gasteiger partial charge in [-0.1, -0.05) is 12.1 Å². The van der Waals surface area contributed by atoms with Crippen molar-refractivity contribution < 1.29 is 33.5 Å². The maximum absolute atomic E-state index is 12.1. The fraction of sp³-hybridized carbons (Fsp3) is 0.333. The summed E-state index contributed by atoms with van der Waals surface area (Å²) >= 11 is 1.40. The van der Waals surface area contributed by atoms with Crippen molar-refractivity contribution in [2.24, 2.45) is 0 Å². The smallest absolute Gasteiger partial charge is 0.534 e. The van der Waals surface area contributed by atoms with Crippen molar-refractivity contribution in [2.75, 3.05) is 6.79 Å². The molecule has 0 saturated carbocycles. The number of carbonyl (C=O) groups excluding carboxylic acids is 3. The van der Waals surface area contributed by atoms with Crippen molar-refractivity contribution in [3.8, 4) is 11.8 Å². The van der Waals surface area contributed by atoms with Crippen LogP contribution in [0.5, 0.6) is 5.75 Å². The van der Waals surface area contributed by atoms with Crippen LogP contribution in [0, 0.1) is 11.3 Å². The van der Waals surface area contributed by atoms with Gasteiger partial charge in [-0.2, -0.15) is 5.26 Å². The van der Waals surface area contributed by atoms with E-state index >= 15 is 0 Å².